The summed E-state index contributed by atoms with van der Waals surface area (Å²) in [5, 5.41) is 18.4. The maximum absolute atomic E-state index is 9.10. The Kier molecular flexibility index (Phi) is 9.01. The number of hydrogen-bond donors (Lipinski definition) is 3. The van der Waals surface area contributed by atoms with E-state index >= 15 is 0 Å². The number of carboxylic acids is 2. The van der Waals surface area contributed by atoms with Gasteiger partial charge in [-0.3, -0.25) is 0 Å². The molecule has 28 heavy (non-hydrogen) atoms. The summed E-state index contributed by atoms with van der Waals surface area (Å²) in [5.41, 5.74) is 2.48. The highest BCUT2D eigenvalue weighted by atomic mass is 16.5. The number of nitrogens with one attached hydrogen (secondary N) is 1. The van der Waals surface area contributed by atoms with Gasteiger partial charge in [0.2, 0.25) is 0 Å². The third-order valence-corrected chi connectivity index (χ3v) is 4.52. The van der Waals surface area contributed by atoms with Crippen molar-refractivity contribution in [1.29, 1.82) is 0 Å². The summed E-state index contributed by atoms with van der Waals surface area (Å²) in [5.74, 6) is -2.69. The third kappa shape index (κ3) is 7.80. The van der Waals surface area contributed by atoms with E-state index in [0.717, 1.165) is 31.4 Å². The molecule has 0 spiro atoms. The van der Waals surface area contributed by atoms with Gasteiger partial charge in [-0.05, 0) is 49.1 Å². The SMILES string of the molecule is O=C(O)C(=O)O.c1ccc(-c2ccc(OCCCNC3CCCC3)cc2)cc1. The molecule has 2 aromatic carbocycles. The molecule has 150 valence electrons. The van der Waals surface area contributed by atoms with Crippen LogP contribution in [0.3, 0.4) is 0 Å². The molecule has 0 aliphatic heterocycles. The normalized spacial score (nSPS) is 13.4. The van der Waals surface area contributed by atoms with Crippen LogP contribution in [0.5, 0.6) is 5.75 Å². The van der Waals surface area contributed by atoms with Gasteiger partial charge in [0.25, 0.3) is 0 Å². The Morgan fingerprint density at radius 3 is 2.04 bits per heavy atom. The molecule has 6 heteroatoms. The quantitative estimate of drug-likeness (QED) is 0.495. The summed E-state index contributed by atoms with van der Waals surface area (Å²) >= 11 is 0. The van der Waals surface area contributed by atoms with Crippen molar-refractivity contribution in [3.05, 3.63) is 54.6 Å². The highest BCUT2D eigenvalue weighted by Crippen LogP contribution is 2.22. The van der Waals surface area contributed by atoms with Gasteiger partial charge in [0.05, 0.1) is 6.61 Å². The fourth-order valence-electron chi connectivity index (χ4n) is 3.07. The number of aliphatic carboxylic acids is 2. The second-order valence-corrected chi connectivity index (χ2v) is 6.64. The van der Waals surface area contributed by atoms with Crippen molar-refractivity contribution < 1.29 is 24.5 Å². The standard InChI is InChI=1S/C20H25NO.C2H2O4/c1-2-7-17(8-3-1)18-11-13-20(14-12-18)22-16-6-15-21-19-9-4-5-10-19;3-1(4)2(5)6/h1-3,7-8,11-14,19,21H,4-6,9-10,15-16H2;(H,3,4)(H,5,6). The van der Waals surface area contributed by atoms with Crippen molar-refractivity contribution in [3.8, 4) is 16.9 Å². The second kappa shape index (κ2) is 11.8. The van der Waals surface area contributed by atoms with Crippen molar-refractivity contribution in [3.63, 3.8) is 0 Å². The summed E-state index contributed by atoms with van der Waals surface area (Å²) in [6.07, 6.45) is 6.55. The first-order chi connectivity index (χ1) is 13.6. The van der Waals surface area contributed by atoms with Gasteiger partial charge >= 0.3 is 11.9 Å². The van der Waals surface area contributed by atoms with Crippen molar-refractivity contribution in [1.82, 2.24) is 5.32 Å². The van der Waals surface area contributed by atoms with Crippen LogP contribution in [-0.4, -0.2) is 41.3 Å². The molecule has 0 heterocycles. The molecule has 1 fully saturated rings. The molecule has 1 saturated carbocycles. The van der Waals surface area contributed by atoms with Gasteiger partial charge in [-0.2, -0.15) is 0 Å². The Bertz CT molecular complexity index is 712. The lowest BCUT2D eigenvalue weighted by molar-refractivity contribution is -0.159. The molecule has 6 nitrogen and oxygen atoms in total. The van der Waals surface area contributed by atoms with Gasteiger partial charge in [0.1, 0.15) is 5.75 Å². The van der Waals surface area contributed by atoms with E-state index in [-0.39, 0.29) is 0 Å². The van der Waals surface area contributed by atoms with Crippen LogP contribution in [0.15, 0.2) is 54.6 Å². The minimum Gasteiger partial charge on any atom is -0.494 e. The summed E-state index contributed by atoms with van der Waals surface area (Å²) in [6, 6.07) is 19.6. The summed E-state index contributed by atoms with van der Waals surface area (Å²) < 4.78 is 5.82. The van der Waals surface area contributed by atoms with E-state index in [0.29, 0.717) is 0 Å². The average molecular weight is 385 g/mol. The molecule has 0 unspecified atom stereocenters. The number of ether oxygens (including phenoxy) is 1. The van der Waals surface area contributed by atoms with Crippen LogP contribution in [0.2, 0.25) is 0 Å². The maximum Gasteiger partial charge on any atom is 0.414 e. The van der Waals surface area contributed by atoms with E-state index in [1.165, 1.54) is 36.8 Å². The molecular weight excluding hydrogens is 358 g/mol. The van der Waals surface area contributed by atoms with Gasteiger partial charge in [-0.1, -0.05) is 55.3 Å². The maximum atomic E-state index is 9.10. The predicted octanol–water partition coefficient (Wildman–Crippen LogP) is 3.81. The molecule has 0 amide bonds. The molecule has 0 aromatic heterocycles. The largest absolute Gasteiger partial charge is 0.494 e. The zero-order chi connectivity index (χ0) is 20.2. The molecule has 0 atom stereocenters. The summed E-state index contributed by atoms with van der Waals surface area (Å²) in [4.78, 5) is 18.2. The Hall–Kier alpha value is -2.86. The lowest BCUT2D eigenvalue weighted by atomic mass is 10.1. The molecule has 3 N–H and O–H groups in total. The number of rotatable bonds is 7. The molecule has 3 rings (SSSR count). The Balaban J connectivity index is 0.000000409. The van der Waals surface area contributed by atoms with Gasteiger partial charge in [0.15, 0.2) is 0 Å². The van der Waals surface area contributed by atoms with Crippen LogP contribution in [0, 0.1) is 0 Å². The number of carboxylic acid groups (broad SMARTS) is 2. The van der Waals surface area contributed by atoms with E-state index in [1.807, 2.05) is 6.07 Å². The Labute approximate surface area is 165 Å². The molecule has 1 aliphatic carbocycles. The third-order valence-electron chi connectivity index (χ3n) is 4.52. The molecule has 0 radical (unpaired) electrons. The highest BCUT2D eigenvalue weighted by Gasteiger charge is 2.13. The Morgan fingerprint density at radius 1 is 0.893 bits per heavy atom. The van der Waals surface area contributed by atoms with Gasteiger partial charge in [0, 0.05) is 6.04 Å². The molecular formula is C22H27NO5. The van der Waals surface area contributed by atoms with Crippen LogP contribution in [0.4, 0.5) is 0 Å². The molecule has 0 saturated heterocycles. The van der Waals surface area contributed by atoms with Gasteiger partial charge < -0.3 is 20.3 Å². The monoisotopic (exact) mass is 385 g/mol. The topological polar surface area (TPSA) is 95.9 Å². The first kappa shape index (κ1) is 21.4. The molecule has 2 aromatic rings. The zero-order valence-electron chi connectivity index (χ0n) is 15.8. The number of benzene rings is 2. The van der Waals surface area contributed by atoms with Crippen molar-refractivity contribution in [2.24, 2.45) is 0 Å². The first-order valence-electron chi connectivity index (χ1n) is 9.54. The smallest absolute Gasteiger partial charge is 0.414 e. The lowest BCUT2D eigenvalue weighted by Crippen LogP contribution is -2.27. The lowest BCUT2D eigenvalue weighted by Gasteiger charge is -2.12. The fraction of sp³-hybridized carbons (Fsp3) is 0.364. The van der Waals surface area contributed by atoms with Crippen LogP contribution in [0.25, 0.3) is 11.1 Å². The minimum atomic E-state index is -1.82. The van der Waals surface area contributed by atoms with Gasteiger partial charge in [-0.15, -0.1) is 0 Å². The highest BCUT2D eigenvalue weighted by molar-refractivity contribution is 6.27. The van der Waals surface area contributed by atoms with Crippen LogP contribution in [0.1, 0.15) is 32.1 Å². The summed E-state index contributed by atoms with van der Waals surface area (Å²) in [6.45, 7) is 1.84. The first-order valence-corrected chi connectivity index (χ1v) is 9.54. The predicted molar refractivity (Wildman–Crippen MR) is 108 cm³/mol. The number of hydrogen-bond acceptors (Lipinski definition) is 4. The van der Waals surface area contributed by atoms with Crippen LogP contribution >= 0.6 is 0 Å². The van der Waals surface area contributed by atoms with E-state index in [9.17, 15) is 0 Å². The minimum absolute atomic E-state index is 0.755. The fourth-order valence-corrected chi connectivity index (χ4v) is 3.07. The zero-order valence-corrected chi connectivity index (χ0v) is 15.8. The average Bonchev–Trinajstić information content (AvgIpc) is 3.23. The van der Waals surface area contributed by atoms with Crippen LogP contribution in [-0.2, 0) is 9.59 Å². The van der Waals surface area contributed by atoms with E-state index in [2.05, 4.69) is 53.8 Å². The number of carbonyl (C=O) groups is 2. The second-order valence-electron chi connectivity index (χ2n) is 6.64. The van der Waals surface area contributed by atoms with Gasteiger partial charge in [-0.25, -0.2) is 9.59 Å². The molecule has 1 aliphatic rings. The van der Waals surface area contributed by atoms with Crippen molar-refractivity contribution >= 4 is 11.9 Å². The van der Waals surface area contributed by atoms with E-state index in [1.54, 1.807) is 0 Å². The van der Waals surface area contributed by atoms with E-state index in [4.69, 9.17) is 24.5 Å². The Morgan fingerprint density at radius 2 is 1.46 bits per heavy atom. The summed E-state index contributed by atoms with van der Waals surface area (Å²) in [7, 11) is 0. The van der Waals surface area contributed by atoms with E-state index < -0.39 is 11.9 Å². The van der Waals surface area contributed by atoms with Crippen molar-refractivity contribution in [2.45, 2.75) is 38.1 Å². The molecule has 0 bridgehead atoms. The van der Waals surface area contributed by atoms with Crippen LogP contribution < -0.4 is 10.1 Å². The van der Waals surface area contributed by atoms with Crippen molar-refractivity contribution in [2.75, 3.05) is 13.2 Å².